The minimum absolute atomic E-state index is 0.0259. The summed E-state index contributed by atoms with van der Waals surface area (Å²) in [6.07, 6.45) is 1.83. The lowest BCUT2D eigenvalue weighted by molar-refractivity contribution is -0.141. The number of carboxylic acids is 1. The molecule has 3 atom stereocenters. The highest BCUT2D eigenvalue weighted by atomic mass is 32.2. The number of nitrogens with one attached hydrogen (secondary N) is 1. The number of carbonyl (C=O) groups excluding carboxylic acids is 1. The van der Waals surface area contributed by atoms with E-state index < -0.39 is 5.97 Å². The number of thioether (sulfide) groups is 1. The third-order valence-corrected chi connectivity index (χ3v) is 4.26. The predicted molar refractivity (Wildman–Crippen MR) is 69.1 cm³/mol. The molecule has 0 radical (unpaired) electrons. The molecule has 1 aliphatic carbocycles. The normalized spacial score (nSPS) is 25.5. The molecule has 0 spiro atoms. The molecule has 98 valence electrons. The molecule has 2 N–H and O–H groups in total. The first-order valence-corrected chi connectivity index (χ1v) is 7.31. The molecule has 0 heterocycles. The number of aliphatic carboxylic acids is 1. The minimum Gasteiger partial charge on any atom is -0.481 e. The summed E-state index contributed by atoms with van der Waals surface area (Å²) in [6, 6.07) is 0.163. The fourth-order valence-electron chi connectivity index (χ4n) is 2.14. The number of hydrogen-bond donors (Lipinski definition) is 2. The van der Waals surface area contributed by atoms with Gasteiger partial charge in [-0.15, -0.1) is 0 Å². The number of carboxylic acid groups (broad SMARTS) is 1. The zero-order chi connectivity index (χ0) is 12.8. The second-order valence-corrected chi connectivity index (χ2v) is 5.93. The average Bonchev–Trinajstić information content (AvgIpc) is 2.75. The summed E-state index contributed by atoms with van der Waals surface area (Å²) < 4.78 is 0. The maximum atomic E-state index is 11.9. The Bertz CT molecular complexity index is 283. The summed E-state index contributed by atoms with van der Waals surface area (Å²) in [5.74, 6) is 0.784. The Morgan fingerprint density at radius 2 is 2.06 bits per heavy atom. The molecule has 5 heteroatoms. The SMILES string of the molecule is CCSCC(C)NC(=O)[C@@H]1CC[C@H](C(=O)O)C1. The van der Waals surface area contributed by atoms with Gasteiger partial charge in [-0.25, -0.2) is 0 Å². The van der Waals surface area contributed by atoms with Crippen molar-refractivity contribution in [3.05, 3.63) is 0 Å². The van der Waals surface area contributed by atoms with Crippen LogP contribution in [0.5, 0.6) is 0 Å². The second-order valence-electron chi connectivity index (χ2n) is 4.61. The Morgan fingerprint density at radius 3 is 2.59 bits per heavy atom. The second kappa shape index (κ2) is 6.89. The van der Waals surface area contributed by atoms with Crippen molar-refractivity contribution in [1.29, 1.82) is 0 Å². The van der Waals surface area contributed by atoms with E-state index in [4.69, 9.17) is 5.11 Å². The Hall–Kier alpha value is -0.710. The van der Waals surface area contributed by atoms with Gasteiger partial charge in [0.25, 0.3) is 0 Å². The molecule has 0 aromatic heterocycles. The molecule has 1 fully saturated rings. The van der Waals surface area contributed by atoms with Crippen LogP contribution in [0.15, 0.2) is 0 Å². The van der Waals surface area contributed by atoms with Gasteiger partial charge in [0.15, 0.2) is 0 Å². The first kappa shape index (κ1) is 14.4. The van der Waals surface area contributed by atoms with Crippen LogP contribution in [0, 0.1) is 11.8 Å². The molecule has 1 unspecified atom stereocenters. The highest BCUT2D eigenvalue weighted by molar-refractivity contribution is 7.99. The van der Waals surface area contributed by atoms with E-state index in [1.165, 1.54) is 0 Å². The average molecular weight is 259 g/mol. The van der Waals surface area contributed by atoms with Crippen LogP contribution < -0.4 is 5.32 Å². The highest BCUT2D eigenvalue weighted by Gasteiger charge is 2.33. The molecule has 0 aromatic rings. The fourth-order valence-corrected chi connectivity index (χ4v) is 2.81. The number of amides is 1. The third-order valence-electron chi connectivity index (χ3n) is 3.11. The molecule has 0 bridgehead atoms. The van der Waals surface area contributed by atoms with Gasteiger partial charge in [-0.2, -0.15) is 11.8 Å². The van der Waals surface area contributed by atoms with E-state index in [2.05, 4.69) is 12.2 Å². The summed E-state index contributed by atoms with van der Waals surface area (Å²) in [6.45, 7) is 4.08. The van der Waals surface area contributed by atoms with Crippen molar-refractivity contribution in [2.45, 2.75) is 39.2 Å². The molecule has 1 saturated carbocycles. The third kappa shape index (κ3) is 4.58. The van der Waals surface area contributed by atoms with Crippen molar-refractivity contribution < 1.29 is 14.7 Å². The van der Waals surface area contributed by atoms with Gasteiger partial charge < -0.3 is 10.4 Å². The molecular formula is C12H21NO3S. The Labute approximate surface area is 107 Å². The van der Waals surface area contributed by atoms with Crippen molar-refractivity contribution in [2.75, 3.05) is 11.5 Å². The Balaban J connectivity index is 2.31. The van der Waals surface area contributed by atoms with Gasteiger partial charge in [0.1, 0.15) is 0 Å². The molecule has 0 aliphatic heterocycles. The lowest BCUT2D eigenvalue weighted by atomic mass is 10.0. The zero-order valence-electron chi connectivity index (χ0n) is 10.4. The number of rotatable bonds is 6. The summed E-state index contributed by atoms with van der Waals surface area (Å²) in [5.41, 5.74) is 0. The maximum absolute atomic E-state index is 11.9. The van der Waals surface area contributed by atoms with E-state index in [1.54, 1.807) is 11.8 Å². The van der Waals surface area contributed by atoms with Crippen molar-refractivity contribution >= 4 is 23.6 Å². The predicted octanol–water partition coefficient (Wildman–Crippen LogP) is 1.75. The van der Waals surface area contributed by atoms with Crippen molar-refractivity contribution in [3.8, 4) is 0 Å². The molecule has 0 saturated heterocycles. The highest BCUT2D eigenvalue weighted by Crippen LogP contribution is 2.31. The van der Waals surface area contributed by atoms with Gasteiger partial charge in [0.2, 0.25) is 5.91 Å². The maximum Gasteiger partial charge on any atom is 0.306 e. The molecule has 4 nitrogen and oxygen atoms in total. The van der Waals surface area contributed by atoms with Gasteiger partial charge in [0.05, 0.1) is 5.92 Å². The summed E-state index contributed by atoms with van der Waals surface area (Å²) in [5, 5.41) is 11.8. The fraction of sp³-hybridized carbons (Fsp3) is 0.833. The zero-order valence-corrected chi connectivity index (χ0v) is 11.3. The van der Waals surface area contributed by atoms with Crippen LogP contribution in [-0.4, -0.2) is 34.5 Å². The first-order chi connectivity index (χ1) is 8.04. The summed E-state index contributed by atoms with van der Waals surface area (Å²) in [4.78, 5) is 22.7. The Morgan fingerprint density at radius 1 is 1.41 bits per heavy atom. The summed E-state index contributed by atoms with van der Waals surface area (Å²) in [7, 11) is 0. The number of hydrogen-bond acceptors (Lipinski definition) is 3. The van der Waals surface area contributed by atoms with Crippen LogP contribution in [0.4, 0.5) is 0 Å². The number of carbonyl (C=O) groups is 2. The van der Waals surface area contributed by atoms with E-state index in [9.17, 15) is 9.59 Å². The van der Waals surface area contributed by atoms with Gasteiger partial charge in [-0.05, 0) is 31.9 Å². The molecule has 17 heavy (non-hydrogen) atoms. The van der Waals surface area contributed by atoms with Crippen molar-refractivity contribution in [1.82, 2.24) is 5.32 Å². The van der Waals surface area contributed by atoms with Crippen LogP contribution in [0.2, 0.25) is 0 Å². The largest absolute Gasteiger partial charge is 0.481 e. The molecule has 1 rings (SSSR count). The van der Waals surface area contributed by atoms with Crippen molar-refractivity contribution in [3.63, 3.8) is 0 Å². The smallest absolute Gasteiger partial charge is 0.306 e. The van der Waals surface area contributed by atoms with Crippen LogP contribution in [-0.2, 0) is 9.59 Å². The van der Waals surface area contributed by atoms with E-state index in [0.29, 0.717) is 19.3 Å². The quantitative estimate of drug-likeness (QED) is 0.762. The monoisotopic (exact) mass is 259 g/mol. The minimum atomic E-state index is -0.769. The first-order valence-electron chi connectivity index (χ1n) is 6.15. The van der Waals surface area contributed by atoms with E-state index >= 15 is 0 Å². The van der Waals surface area contributed by atoms with Gasteiger partial charge in [0, 0.05) is 17.7 Å². The van der Waals surface area contributed by atoms with Gasteiger partial charge in [-0.1, -0.05) is 6.92 Å². The van der Waals surface area contributed by atoms with Crippen LogP contribution in [0.1, 0.15) is 33.1 Å². The van der Waals surface area contributed by atoms with Crippen LogP contribution in [0.3, 0.4) is 0 Å². The topological polar surface area (TPSA) is 66.4 Å². The molecule has 1 aliphatic rings. The van der Waals surface area contributed by atoms with Crippen molar-refractivity contribution in [2.24, 2.45) is 11.8 Å². The van der Waals surface area contributed by atoms with Gasteiger partial charge in [-0.3, -0.25) is 9.59 Å². The van der Waals surface area contributed by atoms with E-state index in [1.807, 2.05) is 6.92 Å². The molecule has 0 aromatic carbocycles. The van der Waals surface area contributed by atoms with Gasteiger partial charge >= 0.3 is 5.97 Å². The molecule has 1 amide bonds. The standard InChI is InChI=1S/C12H21NO3S/c1-3-17-7-8(2)13-11(14)9-4-5-10(6-9)12(15)16/h8-10H,3-7H2,1-2H3,(H,13,14)(H,15,16)/t8?,9-,10+/m1/s1. The van der Waals surface area contributed by atoms with E-state index in [0.717, 1.165) is 11.5 Å². The molecular weight excluding hydrogens is 238 g/mol. The van der Waals surface area contributed by atoms with Crippen LogP contribution >= 0.6 is 11.8 Å². The lowest BCUT2D eigenvalue weighted by Crippen LogP contribution is -2.38. The Kier molecular flexibility index (Phi) is 5.82. The van der Waals surface area contributed by atoms with Crippen LogP contribution in [0.25, 0.3) is 0 Å². The summed E-state index contributed by atoms with van der Waals surface area (Å²) >= 11 is 1.80. The van der Waals surface area contributed by atoms with E-state index in [-0.39, 0.29) is 23.8 Å². The lowest BCUT2D eigenvalue weighted by Gasteiger charge is -2.16.